The Morgan fingerprint density at radius 1 is 1.83 bits per heavy atom. The lowest BCUT2D eigenvalue weighted by atomic mass is 10.3. The maximum atomic E-state index is 10.7. The fourth-order valence-electron chi connectivity index (χ4n) is 0.818. The number of amides is 1. The van der Waals surface area contributed by atoms with Crippen molar-refractivity contribution in [3.8, 4) is 0 Å². The second-order valence-corrected chi connectivity index (χ2v) is 2.77. The molecule has 0 spiro atoms. The van der Waals surface area contributed by atoms with Crippen molar-refractivity contribution in [2.75, 3.05) is 0 Å². The summed E-state index contributed by atoms with van der Waals surface area (Å²) in [6.45, 7) is 0. The van der Waals surface area contributed by atoms with E-state index in [1.165, 1.54) is 10.8 Å². The third-order valence-electron chi connectivity index (χ3n) is 1.55. The predicted molar refractivity (Wildman–Crippen MR) is 44.3 cm³/mol. The summed E-state index contributed by atoms with van der Waals surface area (Å²) in [5.41, 5.74) is 10.4. The van der Waals surface area contributed by atoms with Crippen LogP contribution in [0.2, 0.25) is 5.15 Å². The van der Waals surface area contributed by atoms with Crippen LogP contribution in [-0.2, 0) is 11.8 Å². The third-order valence-corrected chi connectivity index (χ3v) is 1.90. The van der Waals surface area contributed by atoms with Crippen LogP contribution in [0, 0.1) is 0 Å². The lowest BCUT2D eigenvalue weighted by molar-refractivity contribution is -0.119. The molecule has 0 aliphatic carbocycles. The number of rotatable bonds is 2. The van der Waals surface area contributed by atoms with Gasteiger partial charge in [-0.3, -0.25) is 4.79 Å². The molecular formula is C6H9ClN4O. The Hall–Kier alpha value is -1.07. The quantitative estimate of drug-likeness (QED) is 0.660. The number of nitrogens with two attached hydrogens (primary N) is 2. The first-order valence-electron chi connectivity index (χ1n) is 3.26. The molecule has 0 fully saturated rings. The molecule has 4 N–H and O–H groups in total. The Morgan fingerprint density at radius 3 is 2.75 bits per heavy atom. The molecule has 1 aromatic heterocycles. The SMILES string of the molecule is Cn1c(Cl)cnc1C(N)C(N)=O. The van der Waals surface area contributed by atoms with Crippen molar-refractivity contribution in [2.24, 2.45) is 18.5 Å². The minimum Gasteiger partial charge on any atom is -0.368 e. The maximum Gasteiger partial charge on any atom is 0.242 e. The number of aromatic nitrogens is 2. The van der Waals surface area contributed by atoms with Gasteiger partial charge in [0.2, 0.25) is 5.91 Å². The van der Waals surface area contributed by atoms with Crippen molar-refractivity contribution in [1.29, 1.82) is 0 Å². The highest BCUT2D eigenvalue weighted by atomic mass is 35.5. The van der Waals surface area contributed by atoms with E-state index in [0.29, 0.717) is 11.0 Å². The molecule has 1 amide bonds. The molecule has 5 nitrogen and oxygen atoms in total. The molecule has 1 aromatic rings. The lowest BCUT2D eigenvalue weighted by Crippen LogP contribution is -2.30. The van der Waals surface area contributed by atoms with Crippen LogP contribution in [0.15, 0.2) is 6.20 Å². The molecular weight excluding hydrogens is 180 g/mol. The van der Waals surface area contributed by atoms with E-state index in [1.807, 2.05) is 0 Å². The number of nitrogens with zero attached hydrogens (tertiary/aromatic N) is 2. The number of halogens is 1. The van der Waals surface area contributed by atoms with Gasteiger partial charge in [0.25, 0.3) is 0 Å². The monoisotopic (exact) mass is 188 g/mol. The summed E-state index contributed by atoms with van der Waals surface area (Å²) in [5.74, 6) is -0.257. The average Bonchev–Trinajstić information content (AvgIpc) is 2.32. The Morgan fingerprint density at radius 2 is 2.42 bits per heavy atom. The summed E-state index contributed by atoms with van der Waals surface area (Å²) in [5, 5.41) is 0.418. The fraction of sp³-hybridized carbons (Fsp3) is 0.333. The Labute approximate surface area is 74.3 Å². The minimum absolute atomic E-state index is 0.368. The number of carbonyl (C=O) groups is 1. The highest BCUT2D eigenvalue weighted by molar-refractivity contribution is 6.29. The molecule has 0 saturated heterocycles. The first kappa shape index (κ1) is 9.02. The molecule has 66 valence electrons. The number of hydrogen-bond donors (Lipinski definition) is 2. The van der Waals surface area contributed by atoms with Crippen molar-refractivity contribution < 1.29 is 4.79 Å². The van der Waals surface area contributed by atoms with Crippen LogP contribution in [0.3, 0.4) is 0 Å². The van der Waals surface area contributed by atoms with Gasteiger partial charge in [0.05, 0.1) is 6.20 Å². The van der Waals surface area contributed by atoms with Gasteiger partial charge in [-0.25, -0.2) is 4.98 Å². The zero-order valence-electron chi connectivity index (χ0n) is 6.49. The highest BCUT2D eigenvalue weighted by Crippen LogP contribution is 2.13. The average molecular weight is 189 g/mol. The van der Waals surface area contributed by atoms with Crippen LogP contribution in [0.5, 0.6) is 0 Å². The highest BCUT2D eigenvalue weighted by Gasteiger charge is 2.17. The zero-order chi connectivity index (χ0) is 9.30. The summed E-state index contributed by atoms with van der Waals surface area (Å²) in [7, 11) is 1.66. The van der Waals surface area contributed by atoms with Crippen molar-refractivity contribution in [2.45, 2.75) is 6.04 Å². The van der Waals surface area contributed by atoms with Crippen LogP contribution in [-0.4, -0.2) is 15.5 Å². The van der Waals surface area contributed by atoms with Gasteiger partial charge in [-0.1, -0.05) is 11.6 Å². The van der Waals surface area contributed by atoms with Crippen molar-refractivity contribution in [3.05, 3.63) is 17.2 Å². The van der Waals surface area contributed by atoms with Gasteiger partial charge in [0, 0.05) is 7.05 Å². The molecule has 0 aliphatic heterocycles. The first-order chi connectivity index (χ1) is 5.54. The van der Waals surface area contributed by atoms with Gasteiger partial charge >= 0.3 is 0 Å². The lowest BCUT2D eigenvalue weighted by Gasteiger charge is -2.06. The van der Waals surface area contributed by atoms with Gasteiger partial charge in [-0.15, -0.1) is 0 Å². The molecule has 1 heterocycles. The Kier molecular flexibility index (Phi) is 2.35. The van der Waals surface area contributed by atoms with Gasteiger partial charge < -0.3 is 16.0 Å². The van der Waals surface area contributed by atoms with E-state index in [0.717, 1.165) is 0 Å². The van der Waals surface area contributed by atoms with Gasteiger partial charge in [0.1, 0.15) is 17.0 Å². The molecule has 1 atom stereocenters. The largest absolute Gasteiger partial charge is 0.368 e. The molecule has 0 radical (unpaired) electrons. The molecule has 12 heavy (non-hydrogen) atoms. The number of hydrogen-bond acceptors (Lipinski definition) is 3. The Bertz CT molecular complexity index is 308. The van der Waals surface area contributed by atoms with E-state index in [-0.39, 0.29) is 0 Å². The molecule has 1 rings (SSSR count). The van der Waals surface area contributed by atoms with Crippen LogP contribution in [0.25, 0.3) is 0 Å². The van der Waals surface area contributed by atoms with Crippen LogP contribution < -0.4 is 11.5 Å². The van der Waals surface area contributed by atoms with E-state index in [1.54, 1.807) is 7.05 Å². The molecule has 1 unspecified atom stereocenters. The number of carbonyl (C=O) groups excluding carboxylic acids is 1. The second-order valence-electron chi connectivity index (χ2n) is 2.38. The maximum absolute atomic E-state index is 10.7. The molecule has 0 aromatic carbocycles. The van der Waals surface area contributed by atoms with Crippen molar-refractivity contribution in [1.82, 2.24) is 9.55 Å². The zero-order valence-corrected chi connectivity index (χ0v) is 7.25. The van der Waals surface area contributed by atoms with E-state index in [2.05, 4.69) is 4.98 Å². The van der Waals surface area contributed by atoms with Crippen molar-refractivity contribution in [3.63, 3.8) is 0 Å². The molecule has 6 heteroatoms. The number of imidazole rings is 1. The van der Waals surface area contributed by atoms with E-state index < -0.39 is 11.9 Å². The predicted octanol–water partition coefficient (Wildman–Crippen LogP) is -0.441. The number of primary amides is 1. The normalized spacial score (nSPS) is 12.9. The standard InChI is InChI=1S/C6H9ClN4O/c1-11-3(7)2-10-6(11)4(8)5(9)12/h2,4H,8H2,1H3,(H2,9,12). The smallest absolute Gasteiger partial charge is 0.242 e. The summed E-state index contributed by atoms with van der Waals surface area (Å²) in [4.78, 5) is 14.5. The topological polar surface area (TPSA) is 86.9 Å². The van der Waals surface area contributed by atoms with Crippen LogP contribution in [0.1, 0.15) is 11.9 Å². The van der Waals surface area contributed by atoms with Crippen molar-refractivity contribution >= 4 is 17.5 Å². The fourth-order valence-corrected chi connectivity index (χ4v) is 0.954. The summed E-state index contributed by atoms with van der Waals surface area (Å²) < 4.78 is 1.51. The summed E-state index contributed by atoms with van der Waals surface area (Å²) >= 11 is 5.67. The summed E-state index contributed by atoms with van der Waals surface area (Å²) in [6.07, 6.45) is 1.42. The Balaban J connectivity index is 3.03. The third kappa shape index (κ3) is 1.41. The minimum atomic E-state index is -0.900. The van der Waals surface area contributed by atoms with E-state index in [9.17, 15) is 4.79 Å². The van der Waals surface area contributed by atoms with E-state index in [4.69, 9.17) is 23.1 Å². The van der Waals surface area contributed by atoms with E-state index >= 15 is 0 Å². The second kappa shape index (κ2) is 3.12. The summed E-state index contributed by atoms with van der Waals surface area (Å²) in [6, 6.07) is -0.900. The van der Waals surface area contributed by atoms with Crippen LogP contribution >= 0.6 is 11.6 Å². The van der Waals surface area contributed by atoms with Gasteiger partial charge in [0.15, 0.2) is 0 Å². The molecule has 0 saturated carbocycles. The molecule has 0 aliphatic rings. The van der Waals surface area contributed by atoms with Gasteiger partial charge in [-0.05, 0) is 0 Å². The van der Waals surface area contributed by atoms with Crippen LogP contribution in [0.4, 0.5) is 0 Å². The first-order valence-corrected chi connectivity index (χ1v) is 3.64. The molecule has 0 bridgehead atoms. The van der Waals surface area contributed by atoms with Gasteiger partial charge in [-0.2, -0.15) is 0 Å².